The zero-order valence-corrected chi connectivity index (χ0v) is 16.1. The first-order valence-electron chi connectivity index (χ1n) is 7.29. The molecule has 25 heavy (non-hydrogen) atoms. The number of ketones is 1. The minimum Gasteiger partial charge on any atom is -0.294 e. The summed E-state index contributed by atoms with van der Waals surface area (Å²) in [4.78, 5) is 12.4. The van der Waals surface area contributed by atoms with Crippen LogP contribution in [0.15, 0.2) is 47.4 Å². The molecule has 135 valence electrons. The average Bonchev–Trinajstić information content (AvgIpc) is 2.87. The quantitative estimate of drug-likeness (QED) is 0.554. The van der Waals surface area contributed by atoms with E-state index < -0.39 is 21.5 Å². The maximum atomic E-state index is 13.5. The summed E-state index contributed by atoms with van der Waals surface area (Å²) >= 11 is 0. The van der Waals surface area contributed by atoms with Crippen molar-refractivity contribution in [2.45, 2.75) is 17.7 Å². The Kier molecular flexibility index (Phi) is 5.79. The van der Waals surface area contributed by atoms with E-state index in [4.69, 9.17) is 0 Å². The van der Waals surface area contributed by atoms with E-state index in [0.717, 1.165) is 24.5 Å². The van der Waals surface area contributed by atoms with E-state index in [0.29, 0.717) is 23.1 Å². The van der Waals surface area contributed by atoms with E-state index in [9.17, 15) is 22.0 Å². The first-order chi connectivity index (χ1) is 11.3. The van der Waals surface area contributed by atoms with Crippen LogP contribution < -0.4 is 0 Å². The van der Waals surface area contributed by atoms with Crippen LogP contribution in [-0.2, 0) is 37.0 Å². The number of hydrogen-bond acceptors (Lipinski definition) is 3. The number of Topliss-reactive ketones (excluding diaryl/α,β-unsaturated/α-hetero) is 1. The Morgan fingerprint density at radius 2 is 1.44 bits per heavy atom. The Labute approximate surface area is 160 Å². The molecule has 0 spiro atoms. The van der Waals surface area contributed by atoms with Gasteiger partial charge in [-0.1, -0.05) is 12.1 Å². The second-order valence-electron chi connectivity index (χ2n) is 5.73. The number of halogens is 2. The van der Waals surface area contributed by atoms with Gasteiger partial charge in [-0.15, -0.1) is 0 Å². The van der Waals surface area contributed by atoms with Crippen LogP contribution in [-0.4, -0.2) is 20.5 Å². The Morgan fingerprint density at radius 3 is 1.96 bits per heavy atom. The van der Waals surface area contributed by atoms with Gasteiger partial charge in [-0.2, -0.15) is 0 Å². The van der Waals surface area contributed by atoms with Crippen molar-refractivity contribution in [3.63, 3.8) is 0 Å². The van der Waals surface area contributed by atoms with Gasteiger partial charge in [0, 0.05) is 46.7 Å². The molecule has 0 amide bonds. The third-order valence-electron chi connectivity index (χ3n) is 3.96. The Hall–Kier alpha value is -1.60. The molecule has 0 N–H and O–H groups in total. The SMILES string of the molecule is CS(=O)(=O)c1ccc(C2=C(c3cc(F)cc(F)c3)C(=O)CC2)cc1.[Au]. The van der Waals surface area contributed by atoms with Gasteiger partial charge in [-0.05, 0) is 47.4 Å². The molecule has 3 nitrogen and oxygen atoms in total. The van der Waals surface area contributed by atoms with Crippen molar-refractivity contribution in [1.29, 1.82) is 0 Å². The second-order valence-corrected chi connectivity index (χ2v) is 7.75. The fourth-order valence-electron chi connectivity index (χ4n) is 2.88. The van der Waals surface area contributed by atoms with Gasteiger partial charge in [0.15, 0.2) is 15.6 Å². The van der Waals surface area contributed by atoms with Crippen LogP contribution in [0.5, 0.6) is 0 Å². The first kappa shape index (κ1) is 19.7. The van der Waals surface area contributed by atoms with Gasteiger partial charge < -0.3 is 0 Å². The first-order valence-corrected chi connectivity index (χ1v) is 9.18. The number of benzene rings is 2. The van der Waals surface area contributed by atoms with Crippen molar-refractivity contribution in [3.8, 4) is 0 Å². The Bertz CT molecular complexity index is 944. The molecular weight excluding hydrogens is 531 g/mol. The van der Waals surface area contributed by atoms with E-state index in [1.54, 1.807) is 12.1 Å². The molecule has 2 aromatic rings. The molecular formula is C18H14AuF2O3S. The van der Waals surface area contributed by atoms with Crippen LogP contribution in [0.1, 0.15) is 24.0 Å². The molecule has 1 aliphatic carbocycles. The van der Waals surface area contributed by atoms with E-state index in [1.807, 2.05) is 0 Å². The van der Waals surface area contributed by atoms with Crippen molar-refractivity contribution < 1.29 is 44.4 Å². The van der Waals surface area contributed by atoms with Gasteiger partial charge in [-0.25, -0.2) is 17.2 Å². The number of hydrogen-bond donors (Lipinski definition) is 0. The minimum atomic E-state index is -3.31. The molecule has 3 rings (SSSR count). The Morgan fingerprint density at radius 1 is 0.880 bits per heavy atom. The van der Waals surface area contributed by atoms with Crippen LogP contribution in [0.4, 0.5) is 8.78 Å². The molecule has 2 aromatic carbocycles. The summed E-state index contributed by atoms with van der Waals surface area (Å²) in [5.74, 6) is -1.67. The fraction of sp³-hybridized carbons (Fsp3) is 0.167. The zero-order valence-electron chi connectivity index (χ0n) is 13.1. The predicted molar refractivity (Wildman–Crippen MR) is 87.0 cm³/mol. The molecule has 1 radical (unpaired) electrons. The van der Waals surface area contributed by atoms with Gasteiger partial charge in [-0.3, -0.25) is 4.79 Å². The summed E-state index contributed by atoms with van der Waals surface area (Å²) < 4.78 is 50.0. The number of sulfone groups is 1. The molecule has 0 fully saturated rings. The molecule has 0 heterocycles. The van der Waals surface area contributed by atoms with E-state index in [2.05, 4.69) is 0 Å². The maximum Gasteiger partial charge on any atom is 0.175 e. The van der Waals surface area contributed by atoms with Gasteiger partial charge in [0.1, 0.15) is 11.6 Å². The van der Waals surface area contributed by atoms with Gasteiger partial charge in [0.25, 0.3) is 0 Å². The van der Waals surface area contributed by atoms with Crippen LogP contribution in [0.3, 0.4) is 0 Å². The molecule has 0 unspecified atom stereocenters. The summed E-state index contributed by atoms with van der Waals surface area (Å²) in [6, 6.07) is 9.16. The van der Waals surface area contributed by atoms with Gasteiger partial charge in [0.2, 0.25) is 0 Å². The smallest absolute Gasteiger partial charge is 0.175 e. The summed E-state index contributed by atoms with van der Waals surface area (Å²) in [6.07, 6.45) is 1.82. The number of carbonyl (C=O) groups excluding carboxylic acids is 1. The number of rotatable bonds is 3. The van der Waals surface area contributed by atoms with Gasteiger partial charge >= 0.3 is 0 Å². The van der Waals surface area contributed by atoms with Crippen molar-refractivity contribution in [1.82, 2.24) is 0 Å². The summed E-state index contributed by atoms with van der Waals surface area (Å²) in [5.41, 5.74) is 1.84. The predicted octanol–water partition coefficient (Wildman–Crippen LogP) is 3.64. The van der Waals surface area contributed by atoms with E-state index in [1.165, 1.54) is 12.1 Å². The van der Waals surface area contributed by atoms with Crippen LogP contribution in [0.2, 0.25) is 0 Å². The average molecular weight is 545 g/mol. The van der Waals surface area contributed by atoms with Crippen molar-refractivity contribution >= 4 is 26.8 Å². The molecule has 1 aliphatic rings. The fourth-order valence-corrected chi connectivity index (χ4v) is 3.51. The normalized spacial score (nSPS) is 14.6. The Balaban J connectivity index is 0.00000225. The van der Waals surface area contributed by atoms with Crippen molar-refractivity contribution in [2.24, 2.45) is 0 Å². The molecule has 0 bridgehead atoms. The third-order valence-corrected chi connectivity index (χ3v) is 5.09. The molecule has 0 saturated heterocycles. The minimum absolute atomic E-state index is 0. The van der Waals surface area contributed by atoms with E-state index in [-0.39, 0.29) is 45.0 Å². The maximum absolute atomic E-state index is 13.5. The van der Waals surface area contributed by atoms with Crippen LogP contribution in [0, 0.1) is 11.6 Å². The number of allylic oxidation sites excluding steroid dienone is 2. The van der Waals surface area contributed by atoms with E-state index >= 15 is 0 Å². The molecule has 0 saturated carbocycles. The van der Waals surface area contributed by atoms with Crippen molar-refractivity contribution in [2.75, 3.05) is 6.26 Å². The summed E-state index contributed by atoms with van der Waals surface area (Å²) in [7, 11) is -3.31. The second kappa shape index (κ2) is 7.33. The molecule has 0 atom stereocenters. The third kappa shape index (κ3) is 4.15. The standard InChI is InChI=1S/C18H14F2O3S.Au/c1-24(22,23)15-4-2-11(3-5-15)16-6-7-17(21)18(16)12-8-13(19)10-14(20)9-12;/h2-5,8-10H,6-7H2,1H3;. The summed E-state index contributed by atoms with van der Waals surface area (Å²) in [5, 5.41) is 0. The largest absolute Gasteiger partial charge is 0.294 e. The molecule has 0 aromatic heterocycles. The monoisotopic (exact) mass is 545 g/mol. The van der Waals surface area contributed by atoms with Gasteiger partial charge in [0.05, 0.1) is 4.90 Å². The van der Waals surface area contributed by atoms with Crippen molar-refractivity contribution in [3.05, 3.63) is 65.2 Å². The van der Waals surface area contributed by atoms with Crippen LogP contribution in [0.25, 0.3) is 11.1 Å². The van der Waals surface area contributed by atoms with Crippen LogP contribution >= 0.6 is 0 Å². The summed E-state index contributed by atoms with van der Waals surface area (Å²) in [6.45, 7) is 0. The molecule has 7 heteroatoms. The topological polar surface area (TPSA) is 51.2 Å². The zero-order chi connectivity index (χ0) is 17.5. The molecule has 0 aliphatic heterocycles. The number of carbonyl (C=O) groups is 1.